The molecular weight excluding hydrogens is 234 g/mol. The lowest BCUT2D eigenvalue weighted by Crippen LogP contribution is -1.90. The zero-order valence-electron chi connectivity index (χ0n) is 11.9. The van der Waals surface area contributed by atoms with Crippen LogP contribution in [0, 0.1) is 0 Å². The van der Waals surface area contributed by atoms with Gasteiger partial charge in [-0.25, -0.2) is 0 Å². The van der Waals surface area contributed by atoms with Crippen molar-refractivity contribution in [1.82, 2.24) is 15.2 Å². The van der Waals surface area contributed by atoms with E-state index in [2.05, 4.69) is 61.1 Å². The number of fused-ring (bicyclic) bond motifs is 3. The van der Waals surface area contributed by atoms with Gasteiger partial charge in [0.05, 0.1) is 5.52 Å². The summed E-state index contributed by atoms with van der Waals surface area (Å²) in [5, 5.41) is 9.96. The van der Waals surface area contributed by atoms with Crippen molar-refractivity contribution < 1.29 is 0 Å². The second-order valence-corrected chi connectivity index (χ2v) is 5.75. The highest BCUT2D eigenvalue weighted by molar-refractivity contribution is 6.03. The van der Waals surface area contributed by atoms with Gasteiger partial charge in [-0.05, 0) is 23.5 Å². The fraction of sp³-hybridized carbons (Fsp3) is 0.375. The molecule has 0 radical (unpaired) electrons. The molecule has 0 aliphatic heterocycles. The zero-order valence-corrected chi connectivity index (χ0v) is 11.9. The van der Waals surface area contributed by atoms with Gasteiger partial charge in [0.25, 0.3) is 0 Å². The molecule has 2 aromatic heterocycles. The lowest BCUT2D eigenvalue weighted by molar-refractivity contribution is 0.818. The molecule has 0 unspecified atom stereocenters. The van der Waals surface area contributed by atoms with Crippen LogP contribution in [0.2, 0.25) is 0 Å². The summed E-state index contributed by atoms with van der Waals surface area (Å²) >= 11 is 0. The molecular formula is C16H19N3. The van der Waals surface area contributed by atoms with E-state index in [0.717, 1.165) is 11.0 Å². The van der Waals surface area contributed by atoms with Crippen LogP contribution in [-0.4, -0.2) is 15.2 Å². The van der Waals surface area contributed by atoms with E-state index in [9.17, 15) is 0 Å². The SMILES string of the molecule is CC(C)c1cnc2c(ccc3c(C(C)C)[nH]nc32)c1. The monoisotopic (exact) mass is 253 g/mol. The van der Waals surface area contributed by atoms with E-state index < -0.39 is 0 Å². The van der Waals surface area contributed by atoms with Gasteiger partial charge >= 0.3 is 0 Å². The number of rotatable bonds is 2. The van der Waals surface area contributed by atoms with Gasteiger partial charge in [0, 0.05) is 22.7 Å². The van der Waals surface area contributed by atoms with Crippen LogP contribution in [0.4, 0.5) is 0 Å². The Kier molecular flexibility index (Phi) is 2.77. The molecule has 3 nitrogen and oxygen atoms in total. The first-order valence-corrected chi connectivity index (χ1v) is 6.84. The lowest BCUT2D eigenvalue weighted by atomic mass is 10.0. The molecule has 0 saturated heterocycles. The van der Waals surface area contributed by atoms with E-state index in [4.69, 9.17) is 0 Å². The Balaban J connectivity index is 2.30. The highest BCUT2D eigenvalue weighted by atomic mass is 15.1. The Morgan fingerprint density at radius 2 is 1.79 bits per heavy atom. The van der Waals surface area contributed by atoms with Crippen LogP contribution in [0.5, 0.6) is 0 Å². The number of pyridine rings is 1. The number of aromatic nitrogens is 3. The van der Waals surface area contributed by atoms with Gasteiger partial charge in [0.15, 0.2) is 0 Å². The Bertz CT molecular complexity index is 738. The zero-order chi connectivity index (χ0) is 13.6. The van der Waals surface area contributed by atoms with Crippen LogP contribution in [-0.2, 0) is 0 Å². The molecule has 0 aliphatic rings. The summed E-state index contributed by atoms with van der Waals surface area (Å²) in [6, 6.07) is 6.52. The van der Waals surface area contributed by atoms with Crippen LogP contribution in [0.1, 0.15) is 50.8 Å². The molecule has 3 aromatic rings. The highest BCUT2D eigenvalue weighted by Gasteiger charge is 2.12. The third-order valence-corrected chi connectivity index (χ3v) is 3.67. The summed E-state index contributed by atoms with van der Waals surface area (Å²) in [6.07, 6.45) is 1.97. The van der Waals surface area contributed by atoms with Crippen molar-refractivity contribution in [2.75, 3.05) is 0 Å². The summed E-state index contributed by atoms with van der Waals surface area (Å²) in [5.41, 5.74) is 4.43. The average molecular weight is 253 g/mol. The van der Waals surface area contributed by atoms with Gasteiger partial charge < -0.3 is 0 Å². The normalized spacial score (nSPS) is 12.1. The molecule has 3 rings (SSSR count). The van der Waals surface area contributed by atoms with E-state index in [1.165, 1.54) is 22.0 Å². The minimum absolute atomic E-state index is 0.442. The molecule has 0 atom stereocenters. The maximum absolute atomic E-state index is 4.62. The molecule has 0 aliphatic carbocycles. The number of benzene rings is 1. The standard InChI is InChI=1S/C16H19N3/c1-9(2)12-7-11-5-6-13-14(10(3)4)18-19-16(13)15(11)17-8-12/h5-10H,1-4H3,(H,18,19). The molecule has 1 N–H and O–H groups in total. The van der Waals surface area contributed by atoms with Gasteiger partial charge in [0.2, 0.25) is 0 Å². The van der Waals surface area contributed by atoms with Crippen molar-refractivity contribution in [3.05, 3.63) is 35.7 Å². The Hall–Kier alpha value is -1.90. The maximum Gasteiger partial charge on any atom is 0.119 e. The van der Waals surface area contributed by atoms with Crippen molar-refractivity contribution in [2.45, 2.75) is 39.5 Å². The number of aromatic amines is 1. The predicted molar refractivity (Wildman–Crippen MR) is 79.6 cm³/mol. The van der Waals surface area contributed by atoms with Gasteiger partial charge in [-0.2, -0.15) is 5.10 Å². The van der Waals surface area contributed by atoms with E-state index in [0.29, 0.717) is 11.8 Å². The summed E-state index contributed by atoms with van der Waals surface area (Å²) in [6.45, 7) is 8.72. The second-order valence-electron chi connectivity index (χ2n) is 5.75. The summed E-state index contributed by atoms with van der Waals surface area (Å²) in [5.74, 6) is 0.940. The van der Waals surface area contributed by atoms with Crippen LogP contribution < -0.4 is 0 Å². The van der Waals surface area contributed by atoms with Crippen LogP contribution in [0.25, 0.3) is 21.8 Å². The summed E-state index contributed by atoms with van der Waals surface area (Å²) in [7, 11) is 0. The Morgan fingerprint density at radius 3 is 2.47 bits per heavy atom. The van der Waals surface area contributed by atoms with E-state index in [1.807, 2.05) is 6.20 Å². The van der Waals surface area contributed by atoms with Crippen LogP contribution >= 0.6 is 0 Å². The van der Waals surface area contributed by atoms with E-state index in [-0.39, 0.29) is 0 Å². The van der Waals surface area contributed by atoms with Gasteiger partial charge in [0.1, 0.15) is 5.52 Å². The number of hydrogen-bond donors (Lipinski definition) is 1. The van der Waals surface area contributed by atoms with Crippen molar-refractivity contribution in [3.63, 3.8) is 0 Å². The number of hydrogen-bond acceptors (Lipinski definition) is 2. The number of H-pyrrole nitrogens is 1. The first-order chi connectivity index (χ1) is 9.08. The minimum Gasteiger partial charge on any atom is -0.281 e. The predicted octanol–water partition coefficient (Wildman–Crippen LogP) is 4.36. The van der Waals surface area contributed by atoms with Gasteiger partial charge in [-0.15, -0.1) is 0 Å². The molecule has 0 bridgehead atoms. The van der Waals surface area contributed by atoms with Crippen molar-refractivity contribution in [1.29, 1.82) is 0 Å². The number of nitrogens with zero attached hydrogens (tertiary/aromatic N) is 2. The topological polar surface area (TPSA) is 41.6 Å². The van der Waals surface area contributed by atoms with E-state index in [1.54, 1.807) is 0 Å². The first kappa shape index (κ1) is 12.2. The largest absolute Gasteiger partial charge is 0.281 e. The summed E-state index contributed by atoms with van der Waals surface area (Å²) in [4.78, 5) is 4.62. The maximum atomic E-state index is 4.62. The van der Waals surface area contributed by atoms with Gasteiger partial charge in [-0.1, -0.05) is 39.8 Å². The quantitative estimate of drug-likeness (QED) is 0.737. The second kappa shape index (κ2) is 4.34. The molecule has 98 valence electrons. The lowest BCUT2D eigenvalue weighted by Gasteiger charge is -2.07. The van der Waals surface area contributed by atoms with Crippen molar-refractivity contribution in [3.8, 4) is 0 Å². The fourth-order valence-electron chi connectivity index (χ4n) is 2.47. The molecule has 0 saturated carbocycles. The fourth-order valence-corrected chi connectivity index (χ4v) is 2.47. The van der Waals surface area contributed by atoms with Crippen LogP contribution in [0.15, 0.2) is 24.4 Å². The minimum atomic E-state index is 0.442. The molecule has 2 heterocycles. The summed E-state index contributed by atoms with van der Waals surface area (Å²) < 4.78 is 0. The van der Waals surface area contributed by atoms with Gasteiger partial charge in [-0.3, -0.25) is 10.1 Å². The van der Waals surface area contributed by atoms with E-state index >= 15 is 0 Å². The van der Waals surface area contributed by atoms with Crippen molar-refractivity contribution in [2.24, 2.45) is 0 Å². The Labute approximate surface area is 113 Å². The molecule has 3 heteroatoms. The third kappa shape index (κ3) is 1.89. The molecule has 0 amide bonds. The Morgan fingerprint density at radius 1 is 1.00 bits per heavy atom. The molecule has 0 spiro atoms. The third-order valence-electron chi connectivity index (χ3n) is 3.67. The van der Waals surface area contributed by atoms with Crippen LogP contribution in [0.3, 0.4) is 0 Å². The smallest absolute Gasteiger partial charge is 0.119 e. The molecule has 1 aromatic carbocycles. The van der Waals surface area contributed by atoms with Crippen molar-refractivity contribution >= 4 is 21.8 Å². The molecule has 19 heavy (non-hydrogen) atoms. The number of nitrogens with one attached hydrogen (secondary N) is 1. The first-order valence-electron chi connectivity index (χ1n) is 6.84. The highest BCUT2D eigenvalue weighted by Crippen LogP contribution is 2.29. The molecule has 0 fully saturated rings. The average Bonchev–Trinajstić information content (AvgIpc) is 2.82.